The lowest BCUT2D eigenvalue weighted by atomic mass is 10.0. The second-order valence-electron chi connectivity index (χ2n) is 9.85. The number of rotatable bonds is 8. The van der Waals surface area contributed by atoms with Crippen LogP contribution in [0, 0.1) is 58.6 Å². The Morgan fingerprint density at radius 1 is 0.559 bits per heavy atom. The average molecular weight is 511 g/mol. The highest BCUT2D eigenvalue weighted by atomic mass is 28.3. The minimum Gasteiger partial charge on any atom is -0.345 e. The predicted molar refractivity (Wildman–Crippen MR) is 157 cm³/mol. The van der Waals surface area contributed by atoms with Gasteiger partial charge in [-0.2, -0.15) is 0 Å². The molecule has 186 valence electrons. The minimum atomic E-state index is -1.72. The molecule has 0 rings (SSSR count). The molecule has 0 amide bonds. The quantitative estimate of drug-likeness (QED) is 0.279. The summed E-state index contributed by atoms with van der Waals surface area (Å²) in [5, 5.41) is 0. The second kappa shape index (κ2) is 14.1. The van der Waals surface area contributed by atoms with Crippen molar-refractivity contribution in [3.8, 4) is 58.6 Å². The van der Waals surface area contributed by atoms with Crippen LogP contribution in [0.25, 0.3) is 0 Å². The van der Waals surface area contributed by atoms with Crippen LogP contribution in [0.5, 0.6) is 0 Å². The fraction of sp³-hybridized carbons (Fsp3) is 0.655. The van der Waals surface area contributed by atoms with E-state index in [1.54, 1.807) is 14.2 Å². The minimum absolute atomic E-state index is 1.08. The van der Waals surface area contributed by atoms with E-state index < -0.39 is 35.4 Å². The molecule has 0 aliphatic carbocycles. The van der Waals surface area contributed by atoms with E-state index in [-0.39, 0.29) is 0 Å². The average Bonchev–Trinajstić information content (AvgIpc) is 2.85. The smallest absolute Gasteiger partial charge is 0.253 e. The van der Waals surface area contributed by atoms with Crippen molar-refractivity contribution in [3.63, 3.8) is 0 Å². The van der Waals surface area contributed by atoms with Crippen molar-refractivity contribution in [1.29, 1.82) is 0 Å². The highest BCUT2D eigenvalue weighted by Crippen LogP contribution is 2.21. The summed E-state index contributed by atoms with van der Waals surface area (Å²) in [5.74, 6) is 19.0. The van der Waals surface area contributed by atoms with Crippen molar-refractivity contribution in [2.45, 2.75) is 109 Å². The van der Waals surface area contributed by atoms with Gasteiger partial charge in [-0.25, -0.2) is 0 Å². The Morgan fingerprint density at radius 2 is 0.882 bits per heavy atom. The highest BCUT2D eigenvalue weighted by molar-refractivity contribution is 6.87. The first kappa shape index (κ1) is 32.4. The molecule has 34 heavy (non-hydrogen) atoms. The zero-order valence-corrected chi connectivity index (χ0v) is 26.6. The molecule has 0 aromatic heterocycles. The fourth-order valence-electron chi connectivity index (χ4n) is 3.43. The molecule has 5 heteroatoms. The Labute approximate surface area is 214 Å². The first-order valence-electron chi connectivity index (χ1n) is 12.6. The number of ether oxygens (including phenoxy) is 2. The van der Waals surface area contributed by atoms with Gasteiger partial charge in [0.05, 0.1) is 0 Å². The molecule has 0 N–H and O–H groups in total. The molecule has 0 saturated carbocycles. The zero-order valence-electron chi connectivity index (χ0n) is 23.6. The maximum absolute atomic E-state index is 5.93. The van der Waals surface area contributed by atoms with Crippen LogP contribution in [-0.2, 0) is 9.47 Å². The summed E-state index contributed by atoms with van der Waals surface area (Å²) in [6, 6.07) is 6.53. The summed E-state index contributed by atoms with van der Waals surface area (Å²) in [4.78, 5) is 0. The van der Waals surface area contributed by atoms with Gasteiger partial charge in [0.15, 0.2) is 0 Å². The first-order chi connectivity index (χ1) is 15.9. The van der Waals surface area contributed by atoms with Crippen molar-refractivity contribution in [2.75, 3.05) is 14.2 Å². The summed E-state index contributed by atoms with van der Waals surface area (Å²) >= 11 is 0. The summed E-state index contributed by atoms with van der Waals surface area (Å²) in [6.07, 6.45) is 5.93. The molecule has 2 atom stereocenters. The monoisotopic (exact) mass is 510 g/mol. The van der Waals surface area contributed by atoms with Crippen LogP contribution in [0.4, 0.5) is 0 Å². The van der Waals surface area contributed by atoms with Gasteiger partial charge in [0.25, 0.3) is 11.2 Å². The van der Waals surface area contributed by atoms with Crippen LogP contribution in [0.3, 0.4) is 0 Å². The maximum Gasteiger partial charge on any atom is 0.253 e. The molecule has 0 bridgehead atoms. The normalized spacial score (nSPS) is 14.8. The standard InChI is InChI=1S/C29H46O2Si3/c1-13-28(30-8,23-26-33(14-2,15-3)16-4)20-21-29(31-9,22-25-32(10,11)12)24-27-34(17-5,18-6)19-7/h1H,14-19H2,2-12H3. The van der Waals surface area contributed by atoms with Gasteiger partial charge in [0.1, 0.15) is 24.2 Å². The van der Waals surface area contributed by atoms with Crippen molar-refractivity contribution in [1.82, 2.24) is 0 Å². The molecule has 0 saturated heterocycles. The molecule has 2 unspecified atom stereocenters. The maximum atomic E-state index is 5.93. The van der Waals surface area contributed by atoms with E-state index in [0.717, 1.165) is 36.3 Å². The Kier molecular flexibility index (Phi) is 13.4. The Morgan fingerprint density at radius 3 is 1.18 bits per heavy atom. The van der Waals surface area contributed by atoms with Crippen LogP contribution in [0.2, 0.25) is 55.9 Å². The Bertz CT molecular complexity index is 932. The van der Waals surface area contributed by atoms with Crippen molar-refractivity contribution < 1.29 is 9.47 Å². The van der Waals surface area contributed by atoms with E-state index in [0.29, 0.717) is 0 Å². The third-order valence-corrected chi connectivity index (χ3v) is 17.2. The summed E-state index contributed by atoms with van der Waals surface area (Å²) in [7, 11) is -1.95. The number of hydrogen-bond acceptors (Lipinski definition) is 2. The van der Waals surface area contributed by atoms with Crippen LogP contribution < -0.4 is 0 Å². The van der Waals surface area contributed by atoms with E-state index in [2.05, 4.69) is 113 Å². The first-order valence-corrected chi connectivity index (χ1v) is 21.4. The number of hydrogen-bond donors (Lipinski definition) is 0. The largest absolute Gasteiger partial charge is 0.345 e. The second-order valence-corrected chi connectivity index (χ2v) is 24.5. The van der Waals surface area contributed by atoms with Crippen LogP contribution >= 0.6 is 0 Å². The van der Waals surface area contributed by atoms with Gasteiger partial charge in [-0.3, -0.25) is 0 Å². The van der Waals surface area contributed by atoms with E-state index in [9.17, 15) is 0 Å². The fourth-order valence-corrected chi connectivity index (χ4v) is 8.93. The molecule has 0 fully saturated rings. The molecule has 0 heterocycles. The molecule has 0 aliphatic heterocycles. The van der Waals surface area contributed by atoms with Crippen LogP contribution in [0.1, 0.15) is 41.5 Å². The van der Waals surface area contributed by atoms with Gasteiger partial charge in [0.2, 0.25) is 0 Å². The Balaban J connectivity index is 7.01. The van der Waals surface area contributed by atoms with E-state index in [4.69, 9.17) is 15.9 Å². The van der Waals surface area contributed by atoms with Gasteiger partial charge >= 0.3 is 0 Å². The van der Waals surface area contributed by atoms with Gasteiger partial charge in [0, 0.05) is 14.2 Å². The van der Waals surface area contributed by atoms with Crippen molar-refractivity contribution >= 4 is 24.2 Å². The van der Waals surface area contributed by atoms with Gasteiger partial charge < -0.3 is 9.47 Å². The lowest BCUT2D eigenvalue weighted by molar-refractivity contribution is 0.130. The Hall–Kier alpha value is -1.63. The molecule has 2 nitrogen and oxygen atoms in total. The van der Waals surface area contributed by atoms with Gasteiger partial charge in [-0.1, -0.05) is 61.2 Å². The topological polar surface area (TPSA) is 18.5 Å². The molecular formula is C29H46O2Si3. The summed E-state index contributed by atoms with van der Waals surface area (Å²) < 4.78 is 11.6. The third kappa shape index (κ3) is 9.20. The number of methoxy groups -OCH3 is 2. The zero-order chi connectivity index (χ0) is 26.5. The lowest BCUT2D eigenvalue weighted by Crippen LogP contribution is -2.35. The number of terminal acetylenes is 1. The van der Waals surface area contributed by atoms with E-state index in [1.807, 2.05) is 0 Å². The predicted octanol–water partition coefficient (Wildman–Crippen LogP) is 6.38. The molecule has 0 aromatic carbocycles. The van der Waals surface area contributed by atoms with Gasteiger partial charge in [-0.15, -0.1) is 23.1 Å². The summed E-state index contributed by atoms with van der Waals surface area (Å²) in [6.45, 7) is 19.9. The van der Waals surface area contributed by atoms with E-state index in [1.165, 1.54) is 0 Å². The highest BCUT2D eigenvalue weighted by Gasteiger charge is 2.31. The molecule has 0 aliphatic rings. The van der Waals surface area contributed by atoms with E-state index >= 15 is 0 Å². The SMILES string of the molecule is C#CC(C#CC(C#C[Si](C)(C)C)(C#C[Si](CC)(CC)CC)OC)(C#C[Si](CC)(CC)CC)OC. The van der Waals surface area contributed by atoms with Crippen molar-refractivity contribution in [2.24, 2.45) is 0 Å². The molecule has 0 aromatic rings. The van der Waals surface area contributed by atoms with Gasteiger partial charge in [-0.05, 0) is 71.8 Å². The molecule has 0 spiro atoms. The van der Waals surface area contributed by atoms with Crippen LogP contribution in [0.15, 0.2) is 0 Å². The van der Waals surface area contributed by atoms with Crippen molar-refractivity contribution in [3.05, 3.63) is 0 Å². The molecule has 0 radical (unpaired) electrons. The lowest BCUT2D eigenvalue weighted by Gasteiger charge is -2.23. The van der Waals surface area contributed by atoms with Crippen LogP contribution in [-0.4, -0.2) is 49.6 Å². The molecular weight excluding hydrogens is 465 g/mol. The summed E-state index contributed by atoms with van der Waals surface area (Å²) in [5.41, 5.74) is 8.05. The third-order valence-electron chi connectivity index (χ3n) is 6.91.